The van der Waals surface area contributed by atoms with E-state index in [4.69, 9.17) is 9.47 Å². The van der Waals surface area contributed by atoms with Crippen LogP contribution in [0.2, 0.25) is 0 Å². The van der Waals surface area contributed by atoms with E-state index in [1.165, 1.54) is 0 Å². The fourth-order valence-corrected chi connectivity index (χ4v) is 6.50. The summed E-state index contributed by atoms with van der Waals surface area (Å²) in [6, 6.07) is 18.7. The zero-order chi connectivity index (χ0) is 19.4. The number of rotatable bonds is 7. The molecule has 0 N–H and O–H groups in total. The molecule has 2 aromatic carbocycles. The predicted molar refractivity (Wildman–Crippen MR) is 108 cm³/mol. The normalized spacial score (nSPS) is 25.5. The maximum absolute atomic E-state index is 13.3. The highest BCUT2D eigenvalue weighted by Gasteiger charge is 2.47. The highest BCUT2D eigenvalue weighted by atomic mass is 32.2. The SMILES string of the molecule is O=S(=O)(c1ccccc1)[C@@H]1CCCN2CC[C@H](OCOCc3ccccc3)[C@H]12. The maximum atomic E-state index is 13.3. The first-order chi connectivity index (χ1) is 13.7. The van der Waals surface area contributed by atoms with Gasteiger partial charge in [-0.05, 0) is 43.5 Å². The summed E-state index contributed by atoms with van der Waals surface area (Å²) in [6.45, 7) is 2.50. The van der Waals surface area contributed by atoms with E-state index in [2.05, 4.69) is 4.90 Å². The van der Waals surface area contributed by atoms with Gasteiger partial charge >= 0.3 is 0 Å². The molecule has 28 heavy (non-hydrogen) atoms. The molecule has 4 rings (SSSR count). The number of piperidine rings is 1. The number of nitrogens with zero attached hydrogens (tertiary/aromatic N) is 1. The molecule has 2 fully saturated rings. The van der Waals surface area contributed by atoms with Crippen LogP contribution in [-0.2, 0) is 25.9 Å². The van der Waals surface area contributed by atoms with Gasteiger partial charge in [-0.15, -0.1) is 0 Å². The van der Waals surface area contributed by atoms with Crippen molar-refractivity contribution in [2.75, 3.05) is 19.9 Å². The Kier molecular flexibility index (Phi) is 6.11. The standard InChI is InChI=1S/C22H27NO4S/c24-28(25,19-10-5-2-6-11-19)21-12-7-14-23-15-13-20(22(21)23)27-17-26-16-18-8-3-1-4-9-18/h1-6,8-11,20-22H,7,12-17H2/t20-,21+,22+/m0/s1. The number of benzene rings is 2. The van der Waals surface area contributed by atoms with Crippen LogP contribution in [-0.4, -0.2) is 50.6 Å². The third-order valence-corrected chi connectivity index (χ3v) is 8.01. The van der Waals surface area contributed by atoms with Gasteiger partial charge in [0.05, 0.1) is 28.9 Å². The van der Waals surface area contributed by atoms with E-state index in [0.29, 0.717) is 17.9 Å². The molecule has 0 amide bonds. The summed E-state index contributed by atoms with van der Waals surface area (Å²) in [5.74, 6) is 0. The van der Waals surface area contributed by atoms with E-state index >= 15 is 0 Å². The van der Waals surface area contributed by atoms with Crippen molar-refractivity contribution < 1.29 is 17.9 Å². The monoisotopic (exact) mass is 401 g/mol. The lowest BCUT2D eigenvalue weighted by molar-refractivity contribution is -0.105. The molecule has 2 aliphatic rings. The van der Waals surface area contributed by atoms with Crippen molar-refractivity contribution in [1.29, 1.82) is 0 Å². The van der Waals surface area contributed by atoms with Gasteiger partial charge in [-0.2, -0.15) is 0 Å². The van der Waals surface area contributed by atoms with Crippen LogP contribution in [0.3, 0.4) is 0 Å². The second-order valence-electron chi connectivity index (χ2n) is 7.51. The molecule has 6 heteroatoms. The Morgan fingerprint density at radius 3 is 2.39 bits per heavy atom. The Morgan fingerprint density at radius 1 is 0.929 bits per heavy atom. The number of hydrogen-bond donors (Lipinski definition) is 0. The Morgan fingerprint density at radius 2 is 1.64 bits per heavy atom. The first-order valence-electron chi connectivity index (χ1n) is 9.92. The van der Waals surface area contributed by atoms with Crippen LogP contribution in [0, 0.1) is 0 Å². The van der Waals surface area contributed by atoms with Gasteiger partial charge in [0.1, 0.15) is 6.79 Å². The van der Waals surface area contributed by atoms with E-state index in [1.807, 2.05) is 36.4 Å². The van der Waals surface area contributed by atoms with Gasteiger partial charge in [0, 0.05) is 6.54 Å². The van der Waals surface area contributed by atoms with Gasteiger partial charge in [0.25, 0.3) is 0 Å². The van der Waals surface area contributed by atoms with Crippen LogP contribution in [0.1, 0.15) is 24.8 Å². The fraction of sp³-hybridized carbons (Fsp3) is 0.455. The highest BCUT2D eigenvalue weighted by molar-refractivity contribution is 7.92. The molecule has 0 radical (unpaired) electrons. The molecule has 0 spiro atoms. The van der Waals surface area contributed by atoms with Gasteiger partial charge in [-0.25, -0.2) is 8.42 Å². The molecular formula is C22H27NO4S. The molecule has 2 aromatic rings. The predicted octanol–water partition coefficient (Wildman–Crippen LogP) is 3.26. The summed E-state index contributed by atoms with van der Waals surface area (Å²) in [5.41, 5.74) is 1.10. The lowest BCUT2D eigenvalue weighted by Gasteiger charge is -2.38. The van der Waals surface area contributed by atoms with Crippen molar-refractivity contribution in [3.8, 4) is 0 Å². The summed E-state index contributed by atoms with van der Waals surface area (Å²) >= 11 is 0. The van der Waals surface area contributed by atoms with Crippen LogP contribution < -0.4 is 0 Å². The zero-order valence-corrected chi connectivity index (χ0v) is 16.8. The third kappa shape index (κ3) is 4.15. The minimum Gasteiger partial charge on any atom is -0.351 e. The molecule has 3 atom stereocenters. The van der Waals surface area contributed by atoms with E-state index in [0.717, 1.165) is 31.5 Å². The minimum absolute atomic E-state index is 0.0979. The van der Waals surface area contributed by atoms with Gasteiger partial charge in [-0.1, -0.05) is 48.5 Å². The lowest BCUT2D eigenvalue weighted by Crippen LogP contribution is -2.52. The Hall–Kier alpha value is -1.73. The highest BCUT2D eigenvalue weighted by Crippen LogP contribution is 2.35. The number of ether oxygens (including phenoxy) is 2. The minimum atomic E-state index is -3.39. The lowest BCUT2D eigenvalue weighted by atomic mass is 10.00. The van der Waals surface area contributed by atoms with Gasteiger partial charge < -0.3 is 9.47 Å². The summed E-state index contributed by atoms with van der Waals surface area (Å²) in [5, 5.41) is -0.426. The van der Waals surface area contributed by atoms with Crippen molar-refractivity contribution in [2.24, 2.45) is 0 Å². The average molecular weight is 402 g/mol. The second-order valence-corrected chi connectivity index (χ2v) is 9.68. The van der Waals surface area contributed by atoms with Crippen LogP contribution in [0.4, 0.5) is 0 Å². The molecule has 0 bridgehead atoms. The first-order valence-corrected chi connectivity index (χ1v) is 11.5. The summed E-state index contributed by atoms with van der Waals surface area (Å²) in [4.78, 5) is 2.70. The number of hydrogen-bond acceptors (Lipinski definition) is 5. The largest absolute Gasteiger partial charge is 0.351 e. The average Bonchev–Trinajstić information content (AvgIpc) is 3.16. The Labute approximate surface area is 167 Å². The van der Waals surface area contributed by atoms with Crippen molar-refractivity contribution in [2.45, 2.75) is 48.2 Å². The summed E-state index contributed by atoms with van der Waals surface area (Å²) < 4.78 is 38.3. The molecule has 0 unspecified atom stereocenters. The smallest absolute Gasteiger partial charge is 0.182 e. The molecule has 2 saturated heterocycles. The van der Waals surface area contributed by atoms with Gasteiger partial charge in [0.15, 0.2) is 9.84 Å². The molecule has 2 aliphatic heterocycles. The van der Waals surface area contributed by atoms with E-state index < -0.39 is 15.1 Å². The zero-order valence-electron chi connectivity index (χ0n) is 15.9. The van der Waals surface area contributed by atoms with Crippen molar-refractivity contribution in [3.05, 3.63) is 66.2 Å². The molecule has 0 aliphatic carbocycles. The number of sulfone groups is 1. The summed E-state index contributed by atoms with van der Waals surface area (Å²) in [6.07, 6.45) is 2.33. The Bertz CT molecular complexity index is 857. The van der Waals surface area contributed by atoms with Crippen LogP contribution in [0.15, 0.2) is 65.6 Å². The van der Waals surface area contributed by atoms with Gasteiger partial charge in [-0.3, -0.25) is 4.90 Å². The quantitative estimate of drug-likeness (QED) is 0.527. The van der Waals surface area contributed by atoms with E-state index in [-0.39, 0.29) is 18.9 Å². The molecule has 2 heterocycles. The van der Waals surface area contributed by atoms with E-state index in [9.17, 15) is 8.42 Å². The van der Waals surface area contributed by atoms with Crippen molar-refractivity contribution >= 4 is 9.84 Å². The second kappa shape index (κ2) is 8.74. The van der Waals surface area contributed by atoms with Crippen molar-refractivity contribution in [1.82, 2.24) is 4.90 Å². The van der Waals surface area contributed by atoms with Crippen LogP contribution in [0.25, 0.3) is 0 Å². The molecule has 0 saturated carbocycles. The fourth-order valence-electron chi connectivity index (χ4n) is 4.42. The Balaban J connectivity index is 1.42. The van der Waals surface area contributed by atoms with Crippen LogP contribution in [0.5, 0.6) is 0 Å². The molecule has 5 nitrogen and oxygen atoms in total. The summed E-state index contributed by atoms with van der Waals surface area (Å²) in [7, 11) is -3.39. The van der Waals surface area contributed by atoms with Crippen molar-refractivity contribution in [3.63, 3.8) is 0 Å². The van der Waals surface area contributed by atoms with Crippen LogP contribution >= 0.6 is 0 Å². The van der Waals surface area contributed by atoms with E-state index in [1.54, 1.807) is 24.3 Å². The molecule has 150 valence electrons. The van der Waals surface area contributed by atoms with Gasteiger partial charge in [0.2, 0.25) is 0 Å². The topological polar surface area (TPSA) is 55.8 Å². The third-order valence-electron chi connectivity index (χ3n) is 5.77. The molecular weight excluding hydrogens is 374 g/mol. The molecule has 0 aromatic heterocycles. The number of fused-ring (bicyclic) bond motifs is 1. The maximum Gasteiger partial charge on any atom is 0.182 e. The first kappa shape index (κ1) is 19.6.